The first-order valence-corrected chi connectivity index (χ1v) is 6.98. The van der Waals surface area contributed by atoms with Gasteiger partial charge in [-0.2, -0.15) is 0 Å². The number of benzene rings is 1. The second-order valence-corrected chi connectivity index (χ2v) is 4.73. The standard InChI is InChI=1S/C15H20N2O4/c1-20-9-10-21-8-3-2-7-17-11-16-14-12(15(18)19)5-4-6-13(14)17/h4-6,11H,2-3,7-10H2,1H3,(H,18,19). The third-order valence-electron chi connectivity index (χ3n) is 3.25. The Bertz CT molecular complexity index is 594. The van der Waals surface area contributed by atoms with Gasteiger partial charge in [0.1, 0.15) is 5.52 Å². The van der Waals surface area contributed by atoms with Crippen LogP contribution in [0.25, 0.3) is 11.0 Å². The number of methoxy groups -OCH3 is 1. The number of carboxylic acid groups (broad SMARTS) is 1. The van der Waals surface area contributed by atoms with Crippen LogP contribution < -0.4 is 0 Å². The van der Waals surface area contributed by atoms with Crippen molar-refractivity contribution >= 4 is 17.0 Å². The Hall–Kier alpha value is -1.92. The van der Waals surface area contributed by atoms with Crippen LogP contribution in [0.1, 0.15) is 23.2 Å². The van der Waals surface area contributed by atoms with E-state index in [2.05, 4.69) is 4.98 Å². The van der Waals surface area contributed by atoms with Crippen molar-refractivity contribution in [2.75, 3.05) is 26.9 Å². The Kier molecular flexibility index (Phi) is 5.71. The maximum atomic E-state index is 11.1. The molecule has 0 atom stereocenters. The molecular weight excluding hydrogens is 272 g/mol. The molecule has 1 heterocycles. The SMILES string of the molecule is COCCOCCCCn1cnc2c(C(=O)O)cccc21. The first-order chi connectivity index (χ1) is 10.2. The van der Waals surface area contributed by atoms with Gasteiger partial charge in [-0.3, -0.25) is 0 Å². The number of carbonyl (C=O) groups is 1. The molecule has 1 aromatic carbocycles. The zero-order valence-electron chi connectivity index (χ0n) is 12.1. The highest BCUT2D eigenvalue weighted by Gasteiger charge is 2.11. The Morgan fingerprint density at radius 1 is 1.29 bits per heavy atom. The number of rotatable bonds is 9. The number of aromatic carboxylic acids is 1. The smallest absolute Gasteiger partial charge is 0.337 e. The highest BCUT2D eigenvalue weighted by molar-refractivity contribution is 6.00. The van der Waals surface area contributed by atoms with E-state index in [1.54, 1.807) is 25.6 Å². The third kappa shape index (κ3) is 4.03. The molecule has 0 unspecified atom stereocenters. The van der Waals surface area contributed by atoms with E-state index in [9.17, 15) is 4.79 Å². The minimum atomic E-state index is -0.947. The maximum absolute atomic E-state index is 11.1. The van der Waals surface area contributed by atoms with Crippen LogP contribution in [0.4, 0.5) is 0 Å². The summed E-state index contributed by atoms with van der Waals surface area (Å²) in [5, 5.41) is 9.13. The van der Waals surface area contributed by atoms with E-state index in [1.165, 1.54) is 0 Å². The number of aryl methyl sites for hydroxylation is 1. The fraction of sp³-hybridized carbons (Fsp3) is 0.467. The summed E-state index contributed by atoms with van der Waals surface area (Å²) >= 11 is 0. The molecule has 0 bridgehead atoms. The molecule has 0 saturated carbocycles. The molecule has 0 radical (unpaired) electrons. The third-order valence-corrected chi connectivity index (χ3v) is 3.25. The van der Waals surface area contributed by atoms with E-state index in [1.807, 2.05) is 10.6 Å². The van der Waals surface area contributed by atoms with E-state index in [0.29, 0.717) is 25.3 Å². The van der Waals surface area contributed by atoms with E-state index >= 15 is 0 Å². The van der Waals surface area contributed by atoms with Crippen LogP contribution >= 0.6 is 0 Å². The molecule has 0 aliphatic rings. The summed E-state index contributed by atoms with van der Waals surface area (Å²) in [7, 11) is 1.65. The lowest BCUT2D eigenvalue weighted by Crippen LogP contribution is -2.04. The van der Waals surface area contributed by atoms with Crippen molar-refractivity contribution in [3.05, 3.63) is 30.1 Å². The zero-order chi connectivity index (χ0) is 15.1. The van der Waals surface area contributed by atoms with Crippen molar-refractivity contribution < 1.29 is 19.4 Å². The van der Waals surface area contributed by atoms with Crippen molar-refractivity contribution in [2.24, 2.45) is 0 Å². The van der Waals surface area contributed by atoms with E-state index in [0.717, 1.165) is 24.9 Å². The van der Waals surface area contributed by atoms with Gasteiger partial charge in [0.15, 0.2) is 0 Å². The average molecular weight is 292 g/mol. The molecule has 6 nitrogen and oxygen atoms in total. The van der Waals surface area contributed by atoms with Crippen molar-refractivity contribution in [3.8, 4) is 0 Å². The van der Waals surface area contributed by atoms with E-state index in [4.69, 9.17) is 14.6 Å². The van der Waals surface area contributed by atoms with Crippen LogP contribution in [0.2, 0.25) is 0 Å². The molecule has 0 fully saturated rings. The van der Waals surface area contributed by atoms with Crippen molar-refractivity contribution in [2.45, 2.75) is 19.4 Å². The molecule has 0 amide bonds. The van der Waals surface area contributed by atoms with Gasteiger partial charge in [-0.1, -0.05) is 6.07 Å². The summed E-state index contributed by atoms with van der Waals surface area (Å²) in [6.45, 7) is 2.74. The van der Waals surface area contributed by atoms with Crippen LogP contribution in [-0.2, 0) is 16.0 Å². The van der Waals surface area contributed by atoms with Crippen LogP contribution in [0.3, 0.4) is 0 Å². The maximum Gasteiger partial charge on any atom is 0.337 e. The van der Waals surface area contributed by atoms with Gasteiger partial charge in [-0.15, -0.1) is 0 Å². The Morgan fingerprint density at radius 3 is 2.90 bits per heavy atom. The molecule has 1 aromatic heterocycles. The second kappa shape index (κ2) is 7.75. The predicted molar refractivity (Wildman–Crippen MR) is 78.6 cm³/mol. The molecule has 6 heteroatoms. The summed E-state index contributed by atoms with van der Waals surface area (Å²) < 4.78 is 12.3. The Morgan fingerprint density at radius 2 is 2.14 bits per heavy atom. The normalized spacial score (nSPS) is 11.1. The van der Waals surface area contributed by atoms with Gasteiger partial charge < -0.3 is 19.1 Å². The van der Waals surface area contributed by atoms with Crippen molar-refractivity contribution in [3.63, 3.8) is 0 Å². The van der Waals surface area contributed by atoms with Crippen LogP contribution in [0.15, 0.2) is 24.5 Å². The summed E-state index contributed by atoms with van der Waals surface area (Å²) in [5.41, 5.74) is 1.64. The quantitative estimate of drug-likeness (QED) is 0.717. The summed E-state index contributed by atoms with van der Waals surface area (Å²) in [6.07, 6.45) is 3.60. The minimum Gasteiger partial charge on any atom is -0.478 e. The van der Waals surface area contributed by atoms with E-state index in [-0.39, 0.29) is 5.56 Å². The second-order valence-electron chi connectivity index (χ2n) is 4.73. The highest BCUT2D eigenvalue weighted by Crippen LogP contribution is 2.18. The number of imidazole rings is 1. The lowest BCUT2D eigenvalue weighted by molar-refractivity contribution is 0.0684. The predicted octanol–water partition coefficient (Wildman–Crippen LogP) is 2.18. The van der Waals surface area contributed by atoms with Gasteiger partial charge >= 0.3 is 5.97 Å². The van der Waals surface area contributed by atoms with Gasteiger partial charge in [-0.05, 0) is 25.0 Å². The number of hydrogen-bond donors (Lipinski definition) is 1. The number of unbranched alkanes of at least 4 members (excludes halogenated alkanes) is 1. The lowest BCUT2D eigenvalue weighted by atomic mass is 10.2. The molecule has 21 heavy (non-hydrogen) atoms. The van der Waals surface area contributed by atoms with Crippen molar-refractivity contribution in [1.82, 2.24) is 9.55 Å². The fourth-order valence-corrected chi connectivity index (χ4v) is 2.17. The summed E-state index contributed by atoms with van der Waals surface area (Å²) in [5.74, 6) is -0.947. The monoisotopic (exact) mass is 292 g/mol. The van der Waals surface area contributed by atoms with Gasteiger partial charge in [0.05, 0.1) is 30.6 Å². The van der Waals surface area contributed by atoms with Gasteiger partial charge in [0.2, 0.25) is 0 Å². The Balaban J connectivity index is 1.88. The summed E-state index contributed by atoms with van der Waals surface area (Å²) in [4.78, 5) is 15.3. The van der Waals surface area contributed by atoms with Crippen LogP contribution in [0.5, 0.6) is 0 Å². The van der Waals surface area contributed by atoms with Gasteiger partial charge in [0.25, 0.3) is 0 Å². The number of carboxylic acids is 1. The largest absolute Gasteiger partial charge is 0.478 e. The van der Waals surface area contributed by atoms with E-state index < -0.39 is 5.97 Å². The summed E-state index contributed by atoms with van der Waals surface area (Å²) in [6, 6.07) is 5.22. The number of para-hydroxylation sites is 1. The molecule has 2 aromatic rings. The molecule has 0 saturated heterocycles. The van der Waals surface area contributed by atoms with Gasteiger partial charge in [0, 0.05) is 20.3 Å². The molecule has 114 valence electrons. The number of aromatic nitrogens is 2. The fourth-order valence-electron chi connectivity index (χ4n) is 2.17. The lowest BCUT2D eigenvalue weighted by Gasteiger charge is -2.06. The highest BCUT2D eigenvalue weighted by atomic mass is 16.5. The first-order valence-electron chi connectivity index (χ1n) is 6.98. The first kappa shape index (κ1) is 15.5. The molecule has 0 aliphatic heterocycles. The average Bonchev–Trinajstić information content (AvgIpc) is 2.89. The van der Waals surface area contributed by atoms with Crippen LogP contribution in [-0.4, -0.2) is 47.6 Å². The van der Waals surface area contributed by atoms with Crippen LogP contribution in [0, 0.1) is 0 Å². The number of hydrogen-bond acceptors (Lipinski definition) is 4. The molecule has 2 rings (SSSR count). The minimum absolute atomic E-state index is 0.245. The Labute approximate surface area is 123 Å². The van der Waals surface area contributed by atoms with Gasteiger partial charge in [-0.25, -0.2) is 9.78 Å². The number of fused-ring (bicyclic) bond motifs is 1. The molecule has 0 spiro atoms. The molecule has 0 aliphatic carbocycles. The number of ether oxygens (including phenoxy) is 2. The topological polar surface area (TPSA) is 73.6 Å². The number of nitrogens with zero attached hydrogens (tertiary/aromatic N) is 2. The molecule has 1 N–H and O–H groups in total. The van der Waals surface area contributed by atoms with Crippen molar-refractivity contribution in [1.29, 1.82) is 0 Å². The zero-order valence-corrected chi connectivity index (χ0v) is 12.1. The molecular formula is C15H20N2O4.